The zero-order chi connectivity index (χ0) is 13.9. The van der Waals surface area contributed by atoms with Crippen molar-refractivity contribution in [3.05, 3.63) is 70.7 Å². The lowest BCUT2D eigenvalue weighted by molar-refractivity contribution is 0.102. The first kappa shape index (κ1) is 12.8. The average molecular weight is 327 g/mol. The number of nitrogens with zero attached hydrogens (tertiary/aromatic N) is 1. The zero-order valence-electron chi connectivity index (χ0n) is 10.5. The number of carbonyl (C=O) groups is 1. The molecule has 0 unspecified atom stereocenters. The Kier molecular flexibility index (Phi) is 3.48. The van der Waals surface area contributed by atoms with Gasteiger partial charge in [0.15, 0.2) is 0 Å². The third-order valence-corrected chi connectivity index (χ3v) is 3.42. The molecule has 3 nitrogen and oxygen atoms in total. The fraction of sp³-hybridized carbons (Fsp3) is 0. The first-order chi connectivity index (χ1) is 9.72. The number of anilines is 1. The van der Waals surface area contributed by atoms with E-state index < -0.39 is 0 Å². The lowest BCUT2D eigenvalue weighted by atomic mass is 10.2. The highest BCUT2D eigenvalue weighted by atomic mass is 79.9. The number of pyridine rings is 1. The van der Waals surface area contributed by atoms with Gasteiger partial charge in [0.1, 0.15) is 5.82 Å². The molecule has 0 aliphatic rings. The Labute approximate surface area is 124 Å². The van der Waals surface area contributed by atoms with Crippen molar-refractivity contribution in [1.82, 2.24) is 4.98 Å². The second kappa shape index (κ2) is 5.43. The van der Waals surface area contributed by atoms with Gasteiger partial charge in [-0.25, -0.2) is 4.98 Å². The number of amides is 1. The second-order valence-electron chi connectivity index (χ2n) is 4.35. The molecule has 1 heterocycles. The minimum Gasteiger partial charge on any atom is -0.307 e. The van der Waals surface area contributed by atoms with Gasteiger partial charge in [-0.3, -0.25) is 4.79 Å². The number of para-hydroxylation sites is 1. The van der Waals surface area contributed by atoms with E-state index in [-0.39, 0.29) is 5.91 Å². The van der Waals surface area contributed by atoms with E-state index in [1.54, 1.807) is 18.2 Å². The predicted octanol–water partition coefficient (Wildman–Crippen LogP) is 4.25. The van der Waals surface area contributed by atoms with Gasteiger partial charge in [-0.1, -0.05) is 40.2 Å². The highest BCUT2D eigenvalue weighted by molar-refractivity contribution is 9.10. The number of hydrogen-bond acceptors (Lipinski definition) is 2. The van der Waals surface area contributed by atoms with Crippen molar-refractivity contribution in [2.75, 3.05) is 5.32 Å². The van der Waals surface area contributed by atoms with Gasteiger partial charge in [0.2, 0.25) is 0 Å². The number of aromatic nitrogens is 1. The average Bonchev–Trinajstić information content (AvgIpc) is 2.47. The van der Waals surface area contributed by atoms with Crippen LogP contribution in [0.1, 0.15) is 10.4 Å². The molecule has 0 saturated carbocycles. The maximum atomic E-state index is 12.1. The maximum absolute atomic E-state index is 12.1. The Bertz CT molecular complexity index is 786. The van der Waals surface area contributed by atoms with E-state index in [0.717, 1.165) is 15.4 Å². The molecule has 0 fully saturated rings. The van der Waals surface area contributed by atoms with Gasteiger partial charge >= 0.3 is 0 Å². The van der Waals surface area contributed by atoms with Crippen molar-refractivity contribution in [2.45, 2.75) is 0 Å². The Morgan fingerprint density at radius 3 is 2.70 bits per heavy atom. The van der Waals surface area contributed by atoms with Crippen molar-refractivity contribution in [3.8, 4) is 0 Å². The maximum Gasteiger partial charge on any atom is 0.256 e. The molecular formula is C16H11BrN2O. The molecule has 1 N–H and O–H groups in total. The summed E-state index contributed by atoms with van der Waals surface area (Å²) in [6, 6.07) is 18.8. The first-order valence-corrected chi connectivity index (χ1v) is 6.94. The quantitative estimate of drug-likeness (QED) is 0.764. The van der Waals surface area contributed by atoms with Crippen LogP contribution < -0.4 is 5.32 Å². The summed E-state index contributed by atoms with van der Waals surface area (Å²) in [4.78, 5) is 16.5. The molecule has 0 radical (unpaired) electrons. The number of nitrogens with one attached hydrogen (secondary N) is 1. The van der Waals surface area contributed by atoms with Crippen LogP contribution in [-0.2, 0) is 0 Å². The van der Waals surface area contributed by atoms with E-state index >= 15 is 0 Å². The van der Waals surface area contributed by atoms with Crippen LogP contribution in [-0.4, -0.2) is 10.9 Å². The van der Waals surface area contributed by atoms with Gasteiger partial charge < -0.3 is 5.32 Å². The summed E-state index contributed by atoms with van der Waals surface area (Å²) in [6.07, 6.45) is 0. The first-order valence-electron chi connectivity index (χ1n) is 6.15. The van der Waals surface area contributed by atoms with Crippen LogP contribution in [0.25, 0.3) is 10.9 Å². The van der Waals surface area contributed by atoms with Gasteiger partial charge in [-0.05, 0) is 36.4 Å². The van der Waals surface area contributed by atoms with Crippen LogP contribution >= 0.6 is 15.9 Å². The molecule has 3 rings (SSSR count). The molecule has 20 heavy (non-hydrogen) atoms. The molecule has 0 aliphatic carbocycles. The molecule has 0 aliphatic heterocycles. The number of fused-ring (bicyclic) bond motifs is 1. The van der Waals surface area contributed by atoms with Crippen LogP contribution in [0.4, 0.5) is 5.82 Å². The van der Waals surface area contributed by atoms with E-state index in [2.05, 4.69) is 26.2 Å². The van der Waals surface area contributed by atoms with E-state index in [1.807, 2.05) is 42.5 Å². The minimum atomic E-state index is -0.172. The third kappa shape index (κ3) is 2.70. The fourth-order valence-corrected chi connectivity index (χ4v) is 2.35. The number of carbonyl (C=O) groups excluding carboxylic acids is 1. The summed E-state index contributed by atoms with van der Waals surface area (Å²) in [5.41, 5.74) is 1.45. The van der Waals surface area contributed by atoms with Crippen LogP contribution in [0.15, 0.2) is 65.1 Å². The number of rotatable bonds is 2. The summed E-state index contributed by atoms with van der Waals surface area (Å²) >= 11 is 3.35. The molecule has 0 bridgehead atoms. The standard InChI is InChI=1S/C16H11BrN2O/c17-13-6-3-5-12(10-13)16(20)19-15-9-8-11-4-1-2-7-14(11)18-15/h1-10H,(H,18,19,20). The molecule has 4 heteroatoms. The molecule has 1 amide bonds. The summed E-state index contributed by atoms with van der Waals surface area (Å²) in [5, 5.41) is 3.86. The number of halogens is 1. The van der Waals surface area contributed by atoms with Gasteiger partial charge in [0.05, 0.1) is 5.52 Å². The third-order valence-electron chi connectivity index (χ3n) is 2.93. The van der Waals surface area contributed by atoms with Crippen molar-refractivity contribution < 1.29 is 4.79 Å². The molecule has 3 aromatic rings. The molecule has 0 atom stereocenters. The normalized spacial score (nSPS) is 10.4. The highest BCUT2D eigenvalue weighted by Gasteiger charge is 2.07. The summed E-state index contributed by atoms with van der Waals surface area (Å²) in [5.74, 6) is 0.378. The fourth-order valence-electron chi connectivity index (χ4n) is 1.95. The van der Waals surface area contributed by atoms with Crippen LogP contribution in [0.3, 0.4) is 0 Å². The van der Waals surface area contributed by atoms with Crippen molar-refractivity contribution in [3.63, 3.8) is 0 Å². The van der Waals surface area contributed by atoms with Crippen molar-refractivity contribution >= 4 is 38.6 Å². The predicted molar refractivity (Wildman–Crippen MR) is 83.8 cm³/mol. The number of hydrogen-bond donors (Lipinski definition) is 1. The van der Waals surface area contributed by atoms with Gasteiger partial charge in [0.25, 0.3) is 5.91 Å². The largest absolute Gasteiger partial charge is 0.307 e. The Hall–Kier alpha value is -2.20. The lowest BCUT2D eigenvalue weighted by Gasteiger charge is -2.06. The van der Waals surface area contributed by atoms with Crippen molar-refractivity contribution in [1.29, 1.82) is 0 Å². The molecule has 0 saturated heterocycles. The minimum absolute atomic E-state index is 0.172. The van der Waals surface area contributed by atoms with E-state index in [1.165, 1.54) is 0 Å². The van der Waals surface area contributed by atoms with Gasteiger partial charge in [-0.2, -0.15) is 0 Å². The van der Waals surface area contributed by atoms with Gasteiger partial charge in [0, 0.05) is 15.4 Å². The molecule has 0 spiro atoms. The molecular weight excluding hydrogens is 316 g/mol. The Morgan fingerprint density at radius 2 is 1.85 bits per heavy atom. The monoisotopic (exact) mass is 326 g/mol. The van der Waals surface area contributed by atoms with E-state index in [0.29, 0.717) is 11.4 Å². The summed E-state index contributed by atoms with van der Waals surface area (Å²) in [7, 11) is 0. The van der Waals surface area contributed by atoms with Crippen LogP contribution in [0, 0.1) is 0 Å². The Balaban J connectivity index is 1.87. The van der Waals surface area contributed by atoms with Crippen LogP contribution in [0.5, 0.6) is 0 Å². The highest BCUT2D eigenvalue weighted by Crippen LogP contribution is 2.16. The van der Waals surface area contributed by atoms with Crippen LogP contribution in [0.2, 0.25) is 0 Å². The Morgan fingerprint density at radius 1 is 1.00 bits per heavy atom. The summed E-state index contributed by atoms with van der Waals surface area (Å²) < 4.78 is 0.872. The van der Waals surface area contributed by atoms with E-state index in [9.17, 15) is 4.79 Å². The zero-order valence-corrected chi connectivity index (χ0v) is 12.1. The van der Waals surface area contributed by atoms with Crippen molar-refractivity contribution in [2.24, 2.45) is 0 Å². The SMILES string of the molecule is O=C(Nc1ccc2ccccc2n1)c1cccc(Br)c1. The second-order valence-corrected chi connectivity index (χ2v) is 5.27. The molecule has 2 aromatic carbocycles. The smallest absolute Gasteiger partial charge is 0.256 e. The molecule has 1 aromatic heterocycles. The van der Waals surface area contributed by atoms with Gasteiger partial charge in [-0.15, -0.1) is 0 Å². The summed E-state index contributed by atoms with van der Waals surface area (Å²) in [6.45, 7) is 0. The van der Waals surface area contributed by atoms with E-state index in [4.69, 9.17) is 0 Å². The topological polar surface area (TPSA) is 42.0 Å². The molecule has 98 valence electrons. The number of benzene rings is 2. The lowest BCUT2D eigenvalue weighted by Crippen LogP contribution is -2.12.